The lowest BCUT2D eigenvalue weighted by atomic mass is 10.5. The highest BCUT2D eigenvalue weighted by atomic mass is 32.1. The van der Waals surface area contributed by atoms with Gasteiger partial charge in [0, 0.05) is 5.38 Å². The van der Waals surface area contributed by atoms with Gasteiger partial charge in [0.25, 0.3) is 0 Å². The van der Waals surface area contributed by atoms with E-state index in [-0.39, 0.29) is 10.7 Å². The molecule has 0 amide bonds. The molecule has 2 rings (SSSR count). The smallest absolute Gasteiger partial charge is 0.427 e. The van der Waals surface area contributed by atoms with Crippen LogP contribution in [0.5, 0.6) is 0 Å². The van der Waals surface area contributed by atoms with Gasteiger partial charge in [-0.3, -0.25) is 0 Å². The highest BCUT2D eigenvalue weighted by Crippen LogP contribution is 2.33. The van der Waals surface area contributed by atoms with Crippen molar-refractivity contribution in [3.8, 4) is 0 Å². The van der Waals surface area contributed by atoms with E-state index in [1.807, 2.05) is 0 Å². The van der Waals surface area contributed by atoms with E-state index < -0.39 is 17.0 Å². The molecule has 2 aromatic rings. The van der Waals surface area contributed by atoms with Crippen LogP contribution in [-0.4, -0.2) is 21.0 Å². The molecular formula is C10H5F3N2O2S2. The summed E-state index contributed by atoms with van der Waals surface area (Å²) in [5.41, 5.74) is -0.0974. The first-order chi connectivity index (χ1) is 8.86. The van der Waals surface area contributed by atoms with Gasteiger partial charge in [-0.05, 0) is 12.2 Å². The van der Waals surface area contributed by atoms with Crippen LogP contribution in [0.4, 0.5) is 13.2 Å². The van der Waals surface area contributed by atoms with Gasteiger partial charge >= 0.3 is 12.1 Å². The van der Waals surface area contributed by atoms with Crippen LogP contribution >= 0.6 is 22.7 Å². The Balaban J connectivity index is 2.14. The molecule has 0 aliphatic heterocycles. The van der Waals surface area contributed by atoms with E-state index in [9.17, 15) is 18.0 Å². The van der Waals surface area contributed by atoms with Crippen LogP contribution in [0.3, 0.4) is 0 Å². The Morgan fingerprint density at radius 1 is 1.32 bits per heavy atom. The first kappa shape index (κ1) is 13.7. The molecule has 2 aromatic heterocycles. The normalized spacial score (nSPS) is 12.2. The van der Waals surface area contributed by atoms with Gasteiger partial charge in [0.05, 0.1) is 6.20 Å². The first-order valence-electron chi connectivity index (χ1n) is 4.76. The third kappa shape index (κ3) is 3.38. The van der Waals surface area contributed by atoms with Gasteiger partial charge in [-0.25, -0.2) is 14.8 Å². The number of carboxylic acids is 1. The maximum Gasteiger partial charge on any atom is 0.427 e. The molecule has 0 unspecified atom stereocenters. The van der Waals surface area contributed by atoms with Crippen molar-refractivity contribution in [1.82, 2.24) is 9.97 Å². The molecule has 0 aliphatic rings. The highest BCUT2D eigenvalue weighted by Gasteiger charge is 2.32. The predicted octanol–water partition coefficient (Wildman–Crippen LogP) is 3.49. The van der Waals surface area contributed by atoms with Crippen molar-refractivity contribution < 1.29 is 23.1 Å². The summed E-state index contributed by atoms with van der Waals surface area (Å²) >= 11 is 1.60. The minimum absolute atomic E-state index is 0.0974. The van der Waals surface area contributed by atoms with Crippen LogP contribution in [0, 0.1) is 0 Å². The van der Waals surface area contributed by atoms with Crippen LogP contribution in [0.1, 0.15) is 25.4 Å². The molecule has 0 radical (unpaired) electrons. The standard InChI is InChI=1S/C10H5F3N2O2S2/c11-10(12,13)6-3-14-7(19-6)1-2-8-15-5(4-18-8)9(16)17/h1-4H,(H,16,17)/b2-1+. The number of hydrogen-bond acceptors (Lipinski definition) is 5. The van der Waals surface area contributed by atoms with E-state index in [0.29, 0.717) is 16.3 Å². The van der Waals surface area contributed by atoms with Crippen LogP contribution < -0.4 is 0 Å². The lowest BCUT2D eigenvalue weighted by Crippen LogP contribution is -2.00. The number of aromatic nitrogens is 2. The van der Waals surface area contributed by atoms with Gasteiger partial charge in [-0.1, -0.05) is 0 Å². The average Bonchev–Trinajstić information content (AvgIpc) is 2.95. The highest BCUT2D eigenvalue weighted by molar-refractivity contribution is 7.13. The van der Waals surface area contributed by atoms with E-state index in [2.05, 4.69) is 9.97 Å². The van der Waals surface area contributed by atoms with Crippen molar-refractivity contribution in [2.24, 2.45) is 0 Å². The third-order valence-corrected chi connectivity index (χ3v) is 3.73. The van der Waals surface area contributed by atoms with Crippen LogP contribution in [-0.2, 0) is 6.18 Å². The van der Waals surface area contributed by atoms with Crippen molar-refractivity contribution in [2.45, 2.75) is 6.18 Å². The Bertz CT molecular complexity index is 631. The Morgan fingerprint density at radius 2 is 2.00 bits per heavy atom. The molecule has 9 heteroatoms. The van der Waals surface area contributed by atoms with Gasteiger partial charge < -0.3 is 5.11 Å². The van der Waals surface area contributed by atoms with Crippen molar-refractivity contribution in [1.29, 1.82) is 0 Å². The zero-order chi connectivity index (χ0) is 14.0. The van der Waals surface area contributed by atoms with Crippen LogP contribution in [0.2, 0.25) is 0 Å². The number of hydrogen-bond donors (Lipinski definition) is 1. The van der Waals surface area contributed by atoms with Gasteiger partial charge in [-0.2, -0.15) is 13.2 Å². The maximum absolute atomic E-state index is 12.3. The average molecular weight is 306 g/mol. The zero-order valence-corrected chi connectivity index (χ0v) is 10.6. The Kier molecular flexibility index (Phi) is 3.67. The second kappa shape index (κ2) is 5.10. The number of carbonyl (C=O) groups is 1. The van der Waals surface area contributed by atoms with Crippen molar-refractivity contribution in [3.63, 3.8) is 0 Å². The fourth-order valence-corrected chi connectivity index (χ4v) is 2.47. The SMILES string of the molecule is O=C(O)c1csc(/C=C/c2ncc(C(F)(F)F)s2)n1. The van der Waals surface area contributed by atoms with Crippen LogP contribution in [0.25, 0.3) is 12.2 Å². The summed E-state index contributed by atoms with van der Waals surface area (Å²) in [5, 5.41) is 10.6. The summed E-state index contributed by atoms with van der Waals surface area (Å²) in [4.78, 5) is 17.2. The second-order valence-electron chi connectivity index (χ2n) is 3.27. The molecule has 0 atom stereocenters. The Hall–Kier alpha value is -1.74. The minimum atomic E-state index is -4.40. The van der Waals surface area contributed by atoms with Crippen molar-refractivity contribution in [3.05, 3.63) is 32.2 Å². The van der Waals surface area contributed by atoms with E-state index >= 15 is 0 Å². The molecule has 4 nitrogen and oxygen atoms in total. The van der Waals surface area contributed by atoms with Crippen molar-refractivity contribution >= 4 is 40.8 Å². The fraction of sp³-hybridized carbons (Fsp3) is 0.100. The molecule has 0 bridgehead atoms. The molecule has 2 heterocycles. The first-order valence-corrected chi connectivity index (χ1v) is 6.46. The quantitative estimate of drug-likeness (QED) is 0.943. The van der Waals surface area contributed by atoms with Crippen molar-refractivity contribution in [2.75, 3.05) is 0 Å². The van der Waals surface area contributed by atoms with Gasteiger partial charge in [0.15, 0.2) is 5.69 Å². The monoisotopic (exact) mass is 306 g/mol. The Morgan fingerprint density at radius 3 is 2.53 bits per heavy atom. The zero-order valence-electron chi connectivity index (χ0n) is 9.01. The molecule has 0 spiro atoms. The van der Waals surface area contributed by atoms with E-state index in [4.69, 9.17) is 5.11 Å². The van der Waals surface area contributed by atoms with Gasteiger partial charge in [0.2, 0.25) is 0 Å². The lowest BCUT2D eigenvalue weighted by Gasteiger charge is -1.98. The summed E-state index contributed by atoms with van der Waals surface area (Å²) in [6.45, 7) is 0. The molecule has 0 saturated heterocycles. The number of halogens is 3. The molecule has 19 heavy (non-hydrogen) atoms. The minimum Gasteiger partial charge on any atom is -0.476 e. The summed E-state index contributed by atoms with van der Waals surface area (Å²) in [7, 11) is 0. The molecule has 0 fully saturated rings. The molecule has 0 aliphatic carbocycles. The van der Waals surface area contributed by atoms with E-state index in [0.717, 1.165) is 17.5 Å². The van der Waals surface area contributed by atoms with E-state index in [1.165, 1.54) is 17.5 Å². The number of thiazole rings is 2. The molecule has 0 aromatic carbocycles. The fourth-order valence-electron chi connectivity index (χ4n) is 1.10. The van der Waals surface area contributed by atoms with Gasteiger partial charge in [-0.15, -0.1) is 22.7 Å². The largest absolute Gasteiger partial charge is 0.476 e. The molecule has 100 valence electrons. The number of alkyl halides is 3. The third-order valence-electron chi connectivity index (χ3n) is 1.91. The predicted molar refractivity (Wildman–Crippen MR) is 65.1 cm³/mol. The van der Waals surface area contributed by atoms with E-state index in [1.54, 1.807) is 0 Å². The molecule has 1 N–H and O–H groups in total. The van der Waals surface area contributed by atoms with Crippen LogP contribution in [0.15, 0.2) is 11.6 Å². The number of carboxylic acid groups (broad SMARTS) is 1. The van der Waals surface area contributed by atoms with Gasteiger partial charge in [0.1, 0.15) is 14.9 Å². The maximum atomic E-state index is 12.3. The second-order valence-corrected chi connectivity index (χ2v) is 5.22. The summed E-state index contributed by atoms with van der Waals surface area (Å²) < 4.78 is 37.0. The Labute approximate surface area is 112 Å². The summed E-state index contributed by atoms with van der Waals surface area (Å²) in [6.07, 6.45) is -0.850. The number of aromatic carboxylic acids is 1. The number of nitrogens with zero attached hydrogens (tertiary/aromatic N) is 2. The summed E-state index contributed by atoms with van der Waals surface area (Å²) in [6, 6.07) is 0. The lowest BCUT2D eigenvalue weighted by molar-refractivity contribution is -0.134. The molecular weight excluding hydrogens is 301 g/mol. The number of rotatable bonds is 3. The topological polar surface area (TPSA) is 63.1 Å². The molecule has 0 saturated carbocycles. The summed E-state index contributed by atoms with van der Waals surface area (Å²) in [5.74, 6) is -1.15.